The molecule has 1 aromatic heterocycles. The zero-order valence-corrected chi connectivity index (χ0v) is 12.8. The van der Waals surface area contributed by atoms with Crippen molar-refractivity contribution in [1.29, 1.82) is 0 Å². The van der Waals surface area contributed by atoms with Gasteiger partial charge in [-0.2, -0.15) is 0 Å². The quantitative estimate of drug-likeness (QED) is 0.647. The van der Waals surface area contributed by atoms with E-state index in [1.165, 1.54) is 16.6 Å². The Bertz CT molecular complexity index is 824. The molecule has 0 aliphatic heterocycles. The summed E-state index contributed by atoms with van der Waals surface area (Å²) in [7, 11) is 0. The molecule has 1 N–H and O–H groups in total. The zero-order valence-electron chi connectivity index (χ0n) is 12.0. The highest BCUT2D eigenvalue weighted by atomic mass is 32.1. The van der Waals surface area contributed by atoms with Crippen molar-refractivity contribution in [1.82, 2.24) is 9.55 Å². The van der Waals surface area contributed by atoms with E-state index < -0.39 is 0 Å². The highest BCUT2D eigenvalue weighted by Gasteiger charge is 2.09. The van der Waals surface area contributed by atoms with E-state index >= 15 is 0 Å². The second-order valence-corrected chi connectivity index (χ2v) is 5.87. The van der Waals surface area contributed by atoms with Crippen molar-refractivity contribution in [2.24, 2.45) is 0 Å². The molecular formula is C17H18N2S. The molecule has 0 saturated heterocycles. The van der Waals surface area contributed by atoms with E-state index in [0.29, 0.717) is 5.92 Å². The first-order chi connectivity index (χ1) is 9.58. The number of hydrogen-bond acceptors (Lipinski definition) is 1. The second kappa shape index (κ2) is 4.91. The van der Waals surface area contributed by atoms with Crippen LogP contribution in [0.5, 0.6) is 0 Å². The van der Waals surface area contributed by atoms with Crippen LogP contribution in [0.1, 0.15) is 30.9 Å². The van der Waals surface area contributed by atoms with E-state index in [9.17, 15) is 0 Å². The van der Waals surface area contributed by atoms with Gasteiger partial charge < -0.3 is 4.98 Å². The molecule has 0 aliphatic rings. The normalized spacial score (nSPS) is 11.4. The Labute approximate surface area is 124 Å². The largest absolute Gasteiger partial charge is 0.330 e. The van der Waals surface area contributed by atoms with E-state index in [2.05, 4.69) is 72.8 Å². The number of nitrogens with one attached hydrogen (secondary N) is 1. The van der Waals surface area contributed by atoms with E-state index in [4.69, 9.17) is 12.2 Å². The predicted octanol–water partition coefficient (Wildman–Crippen LogP) is 5.12. The Hall–Kier alpha value is -1.87. The zero-order chi connectivity index (χ0) is 14.3. The SMILES string of the molecule is Cc1cccc2[nH]c(=S)n(-c3cccc(C(C)C)c3)c12. The minimum Gasteiger partial charge on any atom is -0.330 e. The Morgan fingerprint density at radius 1 is 1.10 bits per heavy atom. The Balaban J connectivity index is 2.32. The molecule has 0 bridgehead atoms. The molecule has 2 aromatic carbocycles. The number of aryl methyl sites for hydroxylation is 1. The molecule has 0 unspecified atom stereocenters. The first-order valence-corrected chi connectivity index (χ1v) is 7.29. The van der Waals surface area contributed by atoms with Gasteiger partial charge in [-0.1, -0.05) is 38.1 Å². The maximum Gasteiger partial charge on any atom is 0.182 e. The van der Waals surface area contributed by atoms with Gasteiger partial charge in [0.2, 0.25) is 0 Å². The van der Waals surface area contributed by atoms with Crippen LogP contribution in [0, 0.1) is 11.7 Å². The lowest BCUT2D eigenvalue weighted by Crippen LogP contribution is -1.97. The smallest absolute Gasteiger partial charge is 0.182 e. The van der Waals surface area contributed by atoms with Crippen LogP contribution in [0.2, 0.25) is 0 Å². The maximum absolute atomic E-state index is 5.51. The van der Waals surface area contributed by atoms with Gasteiger partial charge in [0.1, 0.15) is 0 Å². The van der Waals surface area contributed by atoms with Gasteiger partial charge in [0.25, 0.3) is 0 Å². The first-order valence-electron chi connectivity index (χ1n) is 6.88. The third-order valence-electron chi connectivity index (χ3n) is 3.70. The van der Waals surface area contributed by atoms with Crippen molar-refractivity contribution < 1.29 is 0 Å². The monoisotopic (exact) mass is 282 g/mol. The summed E-state index contributed by atoms with van der Waals surface area (Å²) in [5.41, 5.74) is 5.93. The van der Waals surface area contributed by atoms with Gasteiger partial charge in [0, 0.05) is 5.69 Å². The van der Waals surface area contributed by atoms with E-state index in [1.54, 1.807) is 0 Å². The van der Waals surface area contributed by atoms with Crippen LogP contribution in [-0.4, -0.2) is 9.55 Å². The lowest BCUT2D eigenvalue weighted by molar-refractivity contribution is 0.863. The van der Waals surface area contributed by atoms with Crippen LogP contribution in [0.4, 0.5) is 0 Å². The van der Waals surface area contributed by atoms with Crippen LogP contribution >= 0.6 is 12.2 Å². The number of rotatable bonds is 2. The van der Waals surface area contributed by atoms with E-state index in [0.717, 1.165) is 16.0 Å². The van der Waals surface area contributed by atoms with Crippen molar-refractivity contribution in [3.63, 3.8) is 0 Å². The van der Waals surface area contributed by atoms with Crippen molar-refractivity contribution in [3.8, 4) is 5.69 Å². The van der Waals surface area contributed by atoms with Gasteiger partial charge in [0.05, 0.1) is 11.0 Å². The number of benzene rings is 2. The Morgan fingerprint density at radius 2 is 1.85 bits per heavy atom. The fourth-order valence-corrected chi connectivity index (χ4v) is 2.91. The molecular weight excluding hydrogens is 264 g/mol. The van der Waals surface area contributed by atoms with Gasteiger partial charge in [-0.3, -0.25) is 4.57 Å². The van der Waals surface area contributed by atoms with Crippen LogP contribution in [0.3, 0.4) is 0 Å². The summed E-state index contributed by atoms with van der Waals surface area (Å²) in [4.78, 5) is 3.29. The van der Waals surface area contributed by atoms with Crippen LogP contribution in [-0.2, 0) is 0 Å². The number of nitrogens with zero attached hydrogens (tertiary/aromatic N) is 1. The Morgan fingerprint density at radius 3 is 2.60 bits per heavy atom. The lowest BCUT2D eigenvalue weighted by Gasteiger charge is -2.10. The van der Waals surface area contributed by atoms with E-state index in [1.807, 2.05) is 0 Å². The van der Waals surface area contributed by atoms with Gasteiger partial charge >= 0.3 is 0 Å². The summed E-state index contributed by atoms with van der Waals surface area (Å²) in [6, 6.07) is 14.8. The molecule has 20 heavy (non-hydrogen) atoms. The minimum atomic E-state index is 0.510. The average Bonchev–Trinajstić information content (AvgIpc) is 2.76. The molecule has 3 aromatic rings. The van der Waals surface area contributed by atoms with Crippen LogP contribution in [0.15, 0.2) is 42.5 Å². The number of fused-ring (bicyclic) bond motifs is 1. The summed E-state index contributed by atoms with van der Waals surface area (Å²) < 4.78 is 2.88. The fraction of sp³-hybridized carbons (Fsp3) is 0.235. The second-order valence-electron chi connectivity index (χ2n) is 5.49. The number of hydrogen-bond donors (Lipinski definition) is 1. The molecule has 0 fully saturated rings. The molecule has 0 aliphatic carbocycles. The third-order valence-corrected chi connectivity index (χ3v) is 3.99. The molecule has 0 spiro atoms. The number of aromatic nitrogens is 2. The number of aromatic amines is 1. The molecule has 0 saturated carbocycles. The van der Waals surface area contributed by atoms with Crippen molar-refractivity contribution in [2.45, 2.75) is 26.7 Å². The molecule has 3 heteroatoms. The minimum absolute atomic E-state index is 0.510. The van der Waals surface area contributed by atoms with Gasteiger partial charge in [-0.05, 0) is 54.4 Å². The summed E-state index contributed by atoms with van der Waals surface area (Å²) >= 11 is 5.51. The molecule has 1 heterocycles. The standard InChI is InChI=1S/C17H18N2S/c1-11(2)13-7-5-8-14(10-13)19-16-12(3)6-4-9-15(16)18-17(19)20/h4-11H,1-3H3,(H,18,20). The van der Waals surface area contributed by atoms with Crippen molar-refractivity contribution >= 4 is 23.3 Å². The summed E-state index contributed by atoms with van der Waals surface area (Å²) in [5, 5.41) is 0. The highest BCUT2D eigenvalue weighted by molar-refractivity contribution is 7.71. The number of para-hydroxylation sites is 1. The van der Waals surface area contributed by atoms with Gasteiger partial charge in [-0.25, -0.2) is 0 Å². The molecule has 0 atom stereocenters. The molecule has 2 nitrogen and oxygen atoms in total. The fourth-order valence-electron chi connectivity index (χ4n) is 2.60. The Kier molecular flexibility index (Phi) is 3.22. The molecule has 3 rings (SSSR count). The summed E-state index contributed by atoms with van der Waals surface area (Å²) in [6.45, 7) is 6.53. The first kappa shape index (κ1) is 13.1. The van der Waals surface area contributed by atoms with Crippen LogP contribution < -0.4 is 0 Å². The summed E-state index contributed by atoms with van der Waals surface area (Å²) in [6.07, 6.45) is 0. The summed E-state index contributed by atoms with van der Waals surface area (Å²) in [5.74, 6) is 0.510. The van der Waals surface area contributed by atoms with Gasteiger partial charge in [0.15, 0.2) is 4.77 Å². The average molecular weight is 282 g/mol. The maximum atomic E-state index is 5.51. The molecule has 0 radical (unpaired) electrons. The molecule has 0 amide bonds. The number of imidazole rings is 1. The third kappa shape index (κ3) is 2.08. The van der Waals surface area contributed by atoms with Crippen molar-refractivity contribution in [2.75, 3.05) is 0 Å². The van der Waals surface area contributed by atoms with E-state index in [-0.39, 0.29) is 0 Å². The predicted molar refractivity (Wildman–Crippen MR) is 87.3 cm³/mol. The van der Waals surface area contributed by atoms with Crippen molar-refractivity contribution in [3.05, 3.63) is 58.4 Å². The van der Waals surface area contributed by atoms with Gasteiger partial charge in [-0.15, -0.1) is 0 Å². The highest BCUT2D eigenvalue weighted by Crippen LogP contribution is 2.24. The topological polar surface area (TPSA) is 20.7 Å². The lowest BCUT2D eigenvalue weighted by atomic mass is 10.0. The molecule has 102 valence electrons. The number of H-pyrrole nitrogens is 1. The van der Waals surface area contributed by atoms with Crippen LogP contribution in [0.25, 0.3) is 16.7 Å².